The second-order valence-electron chi connectivity index (χ2n) is 3.64. The number of carbonyl (C=O) groups is 1. The highest BCUT2D eigenvalue weighted by molar-refractivity contribution is 5.98. The average molecular weight is 216 g/mol. The number of carboxylic acid groups (broad SMARTS) is 1. The summed E-state index contributed by atoms with van der Waals surface area (Å²) in [6, 6.07) is 7.41. The summed E-state index contributed by atoms with van der Waals surface area (Å²) in [7, 11) is 1.66. The molecule has 0 aliphatic carbocycles. The van der Waals surface area contributed by atoms with Crippen LogP contribution in [0, 0.1) is 6.92 Å². The molecule has 82 valence electrons. The molecule has 2 N–H and O–H groups in total. The van der Waals surface area contributed by atoms with E-state index in [0.717, 1.165) is 16.5 Å². The minimum atomic E-state index is -0.972. The third-order valence-corrected chi connectivity index (χ3v) is 2.44. The minimum absolute atomic E-state index is 0.195. The van der Waals surface area contributed by atoms with Crippen LogP contribution >= 0.6 is 0 Å². The zero-order valence-electron chi connectivity index (χ0n) is 9.11. The Morgan fingerprint density at radius 3 is 2.75 bits per heavy atom. The molecule has 0 saturated heterocycles. The van der Waals surface area contributed by atoms with Gasteiger partial charge < -0.3 is 10.4 Å². The molecule has 2 rings (SSSR count). The van der Waals surface area contributed by atoms with E-state index >= 15 is 0 Å². The maximum atomic E-state index is 11.0. The van der Waals surface area contributed by atoms with E-state index in [0.29, 0.717) is 5.82 Å². The molecule has 0 spiro atoms. The first-order chi connectivity index (χ1) is 7.61. The smallest absolute Gasteiger partial charge is 0.339 e. The van der Waals surface area contributed by atoms with Crippen molar-refractivity contribution in [1.82, 2.24) is 4.98 Å². The summed E-state index contributed by atoms with van der Waals surface area (Å²) in [6.07, 6.45) is 0. The molecule has 0 atom stereocenters. The highest BCUT2D eigenvalue weighted by Crippen LogP contribution is 2.21. The normalized spacial score (nSPS) is 10.4. The Morgan fingerprint density at radius 1 is 1.38 bits per heavy atom. The lowest BCUT2D eigenvalue weighted by atomic mass is 10.1. The standard InChI is InChI=1S/C12H12N2O2/c1-7-3-4-10-8(5-7)6-9(12(15)16)11(13-2)14-10/h3-6H,1-2H3,(H,13,14)(H,15,16). The van der Waals surface area contributed by atoms with Crippen LogP contribution < -0.4 is 5.32 Å². The number of aromatic carboxylic acids is 1. The number of nitrogens with one attached hydrogen (secondary N) is 1. The van der Waals surface area contributed by atoms with Gasteiger partial charge in [-0.25, -0.2) is 9.78 Å². The SMILES string of the molecule is CNc1nc2ccc(C)cc2cc1C(=O)O. The van der Waals surface area contributed by atoms with E-state index in [9.17, 15) is 4.79 Å². The molecule has 0 aliphatic heterocycles. The fourth-order valence-electron chi connectivity index (χ4n) is 1.65. The van der Waals surface area contributed by atoms with Crippen LogP contribution in [0.1, 0.15) is 15.9 Å². The summed E-state index contributed by atoms with van der Waals surface area (Å²) in [6.45, 7) is 1.96. The summed E-state index contributed by atoms with van der Waals surface area (Å²) < 4.78 is 0. The first-order valence-electron chi connectivity index (χ1n) is 4.94. The Morgan fingerprint density at radius 2 is 2.12 bits per heavy atom. The molecule has 2 aromatic rings. The number of anilines is 1. The Kier molecular flexibility index (Phi) is 2.48. The lowest BCUT2D eigenvalue weighted by Gasteiger charge is -2.07. The van der Waals surface area contributed by atoms with Crippen LogP contribution in [-0.4, -0.2) is 23.1 Å². The van der Waals surface area contributed by atoms with Gasteiger partial charge in [0.05, 0.1) is 5.52 Å². The number of aryl methyl sites for hydroxylation is 1. The number of pyridine rings is 1. The summed E-state index contributed by atoms with van der Waals surface area (Å²) >= 11 is 0. The first kappa shape index (κ1) is 10.4. The van der Waals surface area contributed by atoms with Crippen LogP contribution in [0.15, 0.2) is 24.3 Å². The van der Waals surface area contributed by atoms with E-state index in [1.165, 1.54) is 0 Å². The Bertz CT molecular complexity index is 564. The number of benzene rings is 1. The van der Waals surface area contributed by atoms with Gasteiger partial charge in [-0.15, -0.1) is 0 Å². The topological polar surface area (TPSA) is 62.2 Å². The van der Waals surface area contributed by atoms with Crippen molar-refractivity contribution in [3.8, 4) is 0 Å². The van der Waals surface area contributed by atoms with Crippen molar-refractivity contribution in [3.05, 3.63) is 35.4 Å². The van der Waals surface area contributed by atoms with Gasteiger partial charge in [-0.2, -0.15) is 0 Å². The predicted molar refractivity (Wildman–Crippen MR) is 63.0 cm³/mol. The number of aromatic nitrogens is 1. The molecule has 16 heavy (non-hydrogen) atoms. The molecule has 0 fully saturated rings. The molecule has 1 aromatic carbocycles. The van der Waals surface area contributed by atoms with Crippen molar-refractivity contribution in [1.29, 1.82) is 0 Å². The molecule has 4 heteroatoms. The van der Waals surface area contributed by atoms with Crippen molar-refractivity contribution >= 4 is 22.7 Å². The monoisotopic (exact) mass is 216 g/mol. The second-order valence-corrected chi connectivity index (χ2v) is 3.64. The van der Waals surface area contributed by atoms with E-state index in [-0.39, 0.29) is 5.56 Å². The summed E-state index contributed by atoms with van der Waals surface area (Å²) in [5, 5.41) is 12.7. The van der Waals surface area contributed by atoms with Gasteiger partial charge in [-0.3, -0.25) is 0 Å². The van der Waals surface area contributed by atoms with E-state index in [1.54, 1.807) is 13.1 Å². The van der Waals surface area contributed by atoms with Crippen LogP contribution in [0.5, 0.6) is 0 Å². The van der Waals surface area contributed by atoms with Crippen LogP contribution in [0.4, 0.5) is 5.82 Å². The molecule has 1 aromatic heterocycles. The van der Waals surface area contributed by atoms with Gasteiger partial charge in [-0.05, 0) is 25.1 Å². The van der Waals surface area contributed by atoms with Crippen molar-refractivity contribution in [3.63, 3.8) is 0 Å². The van der Waals surface area contributed by atoms with Gasteiger partial charge in [0, 0.05) is 12.4 Å². The summed E-state index contributed by atoms with van der Waals surface area (Å²) in [5.41, 5.74) is 2.07. The lowest BCUT2D eigenvalue weighted by Crippen LogP contribution is -2.05. The molecule has 0 saturated carbocycles. The average Bonchev–Trinajstić information content (AvgIpc) is 2.27. The number of hydrogen-bond donors (Lipinski definition) is 2. The van der Waals surface area contributed by atoms with E-state index in [4.69, 9.17) is 5.11 Å². The van der Waals surface area contributed by atoms with Gasteiger partial charge in [0.25, 0.3) is 0 Å². The maximum absolute atomic E-state index is 11.0. The zero-order chi connectivity index (χ0) is 11.7. The molecule has 0 bridgehead atoms. The van der Waals surface area contributed by atoms with Crippen LogP contribution in [0.3, 0.4) is 0 Å². The highest BCUT2D eigenvalue weighted by Gasteiger charge is 2.11. The van der Waals surface area contributed by atoms with Gasteiger partial charge in [0.1, 0.15) is 11.4 Å². The van der Waals surface area contributed by atoms with E-state index in [1.807, 2.05) is 25.1 Å². The Labute approximate surface area is 92.9 Å². The number of rotatable bonds is 2. The van der Waals surface area contributed by atoms with E-state index in [2.05, 4.69) is 10.3 Å². The number of carboxylic acids is 1. The molecular formula is C12H12N2O2. The van der Waals surface area contributed by atoms with Crippen molar-refractivity contribution < 1.29 is 9.90 Å². The third kappa shape index (κ3) is 1.69. The molecule has 0 amide bonds. The fraction of sp³-hybridized carbons (Fsp3) is 0.167. The molecule has 0 aliphatic rings. The van der Waals surface area contributed by atoms with Crippen LogP contribution in [0.25, 0.3) is 10.9 Å². The van der Waals surface area contributed by atoms with Gasteiger partial charge in [-0.1, -0.05) is 11.6 Å². The van der Waals surface area contributed by atoms with Crippen molar-refractivity contribution in [2.45, 2.75) is 6.92 Å². The predicted octanol–water partition coefficient (Wildman–Crippen LogP) is 2.28. The van der Waals surface area contributed by atoms with Crippen molar-refractivity contribution in [2.75, 3.05) is 12.4 Å². The first-order valence-corrected chi connectivity index (χ1v) is 4.94. The third-order valence-electron chi connectivity index (χ3n) is 2.44. The highest BCUT2D eigenvalue weighted by atomic mass is 16.4. The van der Waals surface area contributed by atoms with Crippen LogP contribution in [0.2, 0.25) is 0 Å². The maximum Gasteiger partial charge on any atom is 0.339 e. The second kappa shape index (κ2) is 3.81. The van der Waals surface area contributed by atoms with Gasteiger partial charge >= 0.3 is 5.97 Å². The number of fused-ring (bicyclic) bond motifs is 1. The largest absolute Gasteiger partial charge is 0.478 e. The number of hydrogen-bond acceptors (Lipinski definition) is 3. The molecule has 4 nitrogen and oxygen atoms in total. The number of nitrogens with zero attached hydrogens (tertiary/aromatic N) is 1. The Hall–Kier alpha value is -2.10. The zero-order valence-corrected chi connectivity index (χ0v) is 9.11. The quantitative estimate of drug-likeness (QED) is 0.808. The molecule has 0 radical (unpaired) electrons. The van der Waals surface area contributed by atoms with Gasteiger partial charge in [0.2, 0.25) is 0 Å². The summed E-state index contributed by atoms with van der Waals surface area (Å²) in [5.74, 6) is -0.580. The molecule has 0 unspecified atom stereocenters. The van der Waals surface area contributed by atoms with Crippen LogP contribution in [-0.2, 0) is 0 Å². The minimum Gasteiger partial charge on any atom is -0.478 e. The Balaban J connectivity index is 2.75. The summed E-state index contributed by atoms with van der Waals surface area (Å²) in [4.78, 5) is 15.3. The fourth-order valence-corrected chi connectivity index (χ4v) is 1.65. The lowest BCUT2D eigenvalue weighted by molar-refractivity contribution is 0.0698. The van der Waals surface area contributed by atoms with E-state index < -0.39 is 5.97 Å². The van der Waals surface area contributed by atoms with Crippen molar-refractivity contribution in [2.24, 2.45) is 0 Å². The molecule has 1 heterocycles. The molecular weight excluding hydrogens is 204 g/mol. The van der Waals surface area contributed by atoms with Gasteiger partial charge in [0.15, 0.2) is 0 Å².